The summed E-state index contributed by atoms with van der Waals surface area (Å²) in [6, 6.07) is 1.87. The normalized spacial score (nSPS) is 13.4. The predicted octanol–water partition coefficient (Wildman–Crippen LogP) is 1.73. The third-order valence-electron chi connectivity index (χ3n) is 2.55. The van der Waals surface area contributed by atoms with E-state index in [1.54, 1.807) is 13.1 Å². The number of H-pyrrole nitrogens is 1. The number of sulfonamides is 1. The molecule has 0 aliphatic carbocycles. The molecule has 0 saturated heterocycles. The summed E-state index contributed by atoms with van der Waals surface area (Å²) in [5, 5.41) is 6.26. The van der Waals surface area contributed by atoms with Gasteiger partial charge in [-0.05, 0) is 25.1 Å². The van der Waals surface area contributed by atoms with Crippen molar-refractivity contribution in [1.29, 1.82) is 0 Å². The number of hydrogen-bond acceptors (Lipinski definition) is 3. The molecule has 0 spiro atoms. The Morgan fingerprint density at radius 3 is 2.63 bits per heavy atom. The number of nitrogens with zero attached hydrogens (tertiary/aromatic N) is 1. The maximum absolute atomic E-state index is 13.0. The molecule has 8 heteroatoms. The van der Waals surface area contributed by atoms with E-state index in [0.717, 1.165) is 12.1 Å². The minimum Gasteiger partial charge on any atom is -0.285 e. The highest BCUT2D eigenvalue weighted by molar-refractivity contribution is 7.89. The minimum absolute atomic E-state index is 0.332. The molecule has 0 fully saturated rings. The monoisotopic (exact) mass is 287 g/mol. The van der Waals surface area contributed by atoms with E-state index in [4.69, 9.17) is 0 Å². The summed E-state index contributed by atoms with van der Waals surface area (Å²) in [7, 11) is -3.92. The smallest absolute Gasteiger partial charge is 0.241 e. The van der Waals surface area contributed by atoms with Gasteiger partial charge in [0, 0.05) is 17.8 Å². The van der Waals surface area contributed by atoms with Crippen LogP contribution in [-0.2, 0) is 10.0 Å². The van der Waals surface area contributed by atoms with Gasteiger partial charge >= 0.3 is 0 Å². The average Bonchev–Trinajstić information content (AvgIpc) is 2.85. The Morgan fingerprint density at radius 2 is 2.05 bits per heavy atom. The van der Waals surface area contributed by atoms with Gasteiger partial charge in [0.05, 0.1) is 11.1 Å². The van der Waals surface area contributed by atoms with E-state index < -0.39 is 27.7 Å². The molecule has 1 unspecified atom stereocenters. The number of benzene rings is 1. The Bertz CT molecular complexity index is 671. The van der Waals surface area contributed by atoms with Crippen molar-refractivity contribution >= 4 is 10.0 Å². The van der Waals surface area contributed by atoms with E-state index in [1.165, 1.54) is 6.20 Å². The molecule has 2 rings (SSSR count). The van der Waals surface area contributed by atoms with Crippen LogP contribution in [0.15, 0.2) is 35.5 Å². The lowest BCUT2D eigenvalue weighted by atomic mass is 10.2. The topological polar surface area (TPSA) is 74.8 Å². The van der Waals surface area contributed by atoms with Crippen molar-refractivity contribution in [2.75, 3.05) is 0 Å². The number of aromatic nitrogens is 2. The fourth-order valence-electron chi connectivity index (χ4n) is 1.51. The standard InChI is InChI=1S/C11H11F2N3O2S/c1-7(8-5-14-15-6-8)16-19(17,18)9-2-3-10(12)11(13)4-9/h2-7,16H,1H3,(H,14,15). The van der Waals surface area contributed by atoms with Gasteiger partial charge in [-0.25, -0.2) is 21.9 Å². The van der Waals surface area contributed by atoms with Gasteiger partial charge in [-0.15, -0.1) is 0 Å². The van der Waals surface area contributed by atoms with Gasteiger partial charge in [0.2, 0.25) is 10.0 Å². The van der Waals surface area contributed by atoms with Crippen molar-refractivity contribution in [3.63, 3.8) is 0 Å². The molecule has 0 aliphatic rings. The largest absolute Gasteiger partial charge is 0.285 e. The van der Waals surface area contributed by atoms with Gasteiger partial charge in [-0.2, -0.15) is 5.10 Å². The Kier molecular flexibility index (Phi) is 3.63. The number of nitrogens with one attached hydrogen (secondary N) is 2. The van der Waals surface area contributed by atoms with Gasteiger partial charge in [-0.1, -0.05) is 0 Å². The quantitative estimate of drug-likeness (QED) is 0.899. The van der Waals surface area contributed by atoms with Gasteiger partial charge < -0.3 is 0 Å². The molecule has 102 valence electrons. The summed E-state index contributed by atoms with van der Waals surface area (Å²) in [6.07, 6.45) is 3.01. The highest BCUT2D eigenvalue weighted by atomic mass is 32.2. The molecule has 0 aliphatic heterocycles. The van der Waals surface area contributed by atoms with Crippen LogP contribution in [0.2, 0.25) is 0 Å². The van der Waals surface area contributed by atoms with Gasteiger partial charge in [0.25, 0.3) is 0 Å². The van der Waals surface area contributed by atoms with E-state index >= 15 is 0 Å². The lowest BCUT2D eigenvalue weighted by Crippen LogP contribution is -2.26. The summed E-state index contributed by atoms with van der Waals surface area (Å²) in [6.45, 7) is 1.61. The van der Waals surface area contributed by atoms with Crippen LogP contribution in [0.5, 0.6) is 0 Å². The number of hydrogen-bond donors (Lipinski definition) is 2. The predicted molar refractivity (Wildman–Crippen MR) is 63.7 cm³/mol. The zero-order valence-electron chi connectivity index (χ0n) is 9.89. The molecule has 1 heterocycles. The summed E-state index contributed by atoms with van der Waals surface area (Å²) in [5.74, 6) is -2.30. The first kappa shape index (κ1) is 13.6. The molecule has 0 radical (unpaired) electrons. The van der Waals surface area contributed by atoms with E-state index in [9.17, 15) is 17.2 Å². The lowest BCUT2D eigenvalue weighted by molar-refractivity contribution is 0.503. The summed E-state index contributed by atoms with van der Waals surface area (Å²) >= 11 is 0. The van der Waals surface area contributed by atoms with E-state index in [0.29, 0.717) is 11.6 Å². The van der Waals surface area contributed by atoms with Crippen molar-refractivity contribution in [3.05, 3.63) is 47.8 Å². The molecular weight excluding hydrogens is 276 g/mol. The SMILES string of the molecule is CC(NS(=O)(=O)c1ccc(F)c(F)c1)c1cn[nH]c1. The second kappa shape index (κ2) is 5.06. The molecule has 2 N–H and O–H groups in total. The van der Waals surface area contributed by atoms with Crippen LogP contribution in [0.4, 0.5) is 8.78 Å². The van der Waals surface area contributed by atoms with Crippen LogP contribution < -0.4 is 4.72 Å². The fourth-order valence-corrected chi connectivity index (χ4v) is 2.75. The summed E-state index contributed by atoms with van der Waals surface area (Å²) in [5.41, 5.74) is 0.631. The zero-order chi connectivity index (χ0) is 14.0. The second-order valence-electron chi connectivity index (χ2n) is 3.95. The van der Waals surface area contributed by atoms with E-state index in [2.05, 4.69) is 14.9 Å². The van der Waals surface area contributed by atoms with Crippen molar-refractivity contribution < 1.29 is 17.2 Å². The van der Waals surface area contributed by atoms with Crippen molar-refractivity contribution in [2.45, 2.75) is 17.9 Å². The van der Waals surface area contributed by atoms with Crippen molar-refractivity contribution in [1.82, 2.24) is 14.9 Å². The Hall–Kier alpha value is -1.80. The molecule has 19 heavy (non-hydrogen) atoms. The van der Waals surface area contributed by atoms with Gasteiger partial charge in [0.15, 0.2) is 11.6 Å². The summed E-state index contributed by atoms with van der Waals surface area (Å²) < 4.78 is 52.1. The highest BCUT2D eigenvalue weighted by Crippen LogP contribution is 2.17. The Balaban J connectivity index is 2.25. The van der Waals surface area contributed by atoms with Gasteiger partial charge in [-0.3, -0.25) is 5.10 Å². The fraction of sp³-hybridized carbons (Fsp3) is 0.182. The first-order valence-corrected chi connectivity index (χ1v) is 6.84. The highest BCUT2D eigenvalue weighted by Gasteiger charge is 2.20. The van der Waals surface area contributed by atoms with Crippen LogP contribution >= 0.6 is 0 Å². The third kappa shape index (κ3) is 2.96. The molecule has 2 aromatic rings. The first-order valence-electron chi connectivity index (χ1n) is 5.36. The van der Waals surface area contributed by atoms with Crippen LogP contribution in [0.3, 0.4) is 0 Å². The van der Waals surface area contributed by atoms with Crippen LogP contribution in [-0.4, -0.2) is 18.6 Å². The first-order chi connectivity index (χ1) is 8.90. The lowest BCUT2D eigenvalue weighted by Gasteiger charge is -2.12. The number of halogens is 2. The Labute approximate surface area is 108 Å². The van der Waals surface area contributed by atoms with Gasteiger partial charge in [0.1, 0.15) is 0 Å². The molecular formula is C11H11F2N3O2S. The minimum atomic E-state index is -3.92. The molecule has 1 aromatic carbocycles. The third-order valence-corrected chi connectivity index (χ3v) is 4.09. The van der Waals surface area contributed by atoms with Crippen LogP contribution in [0.25, 0.3) is 0 Å². The molecule has 1 atom stereocenters. The number of rotatable bonds is 4. The molecule has 5 nitrogen and oxygen atoms in total. The van der Waals surface area contributed by atoms with Crippen molar-refractivity contribution in [3.8, 4) is 0 Å². The van der Waals surface area contributed by atoms with Crippen molar-refractivity contribution in [2.24, 2.45) is 0 Å². The van der Waals surface area contributed by atoms with Crippen LogP contribution in [0.1, 0.15) is 18.5 Å². The zero-order valence-corrected chi connectivity index (χ0v) is 10.7. The second-order valence-corrected chi connectivity index (χ2v) is 5.66. The van der Waals surface area contributed by atoms with E-state index in [-0.39, 0.29) is 4.90 Å². The number of aromatic amines is 1. The Morgan fingerprint density at radius 1 is 1.32 bits per heavy atom. The molecule has 0 amide bonds. The summed E-state index contributed by atoms with van der Waals surface area (Å²) in [4.78, 5) is -0.332. The maximum Gasteiger partial charge on any atom is 0.241 e. The molecule has 0 bridgehead atoms. The molecule has 1 aromatic heterocycles. The van der Waals surface area contributed by atoms with E-state index in [1.807, 2.05) is 0 Å². The average molecular weight is 287 g/mol. The molecule has 0 saturated carbocycles. The maximum atomic E-state index is 13.0. The van der Waals surface area contributed by atoms with Crippen LogP contribution in [0, 0.1) is 11.6 Å².